The number of aliphatic imine (C=N–C) groups is 1. The highest BCUT2D eigenvalue weighted by atomic mass is 16.1. The maximum absolute atomic E-state index is 12.1. The molecule has 158 valence electrons. The van der Waals surface area contributed by atoms with Crippen LogP contribution in [0, 0.1) is 0 Å². The van der Waals surface area contributed by atoms with Gasteiger partial charge in [-0.2, -0.15) is 0 Å². The second-order valence-electron chi connectivity index (χ2n) is 8.18. The van der Waals surface area contributed by atoms with Gasteiger partial charge in [0.05, 0.1) is 6.67 Å². The molecule has 1 amide bonds. The van der Waals surface area contributed by atoms with Crippen LogP contribution in [0.3, 0.4) is 0 Å². The Balaban J connectivity index is 1.87. The van der Waals surface area contributed by atoms with Crippen molar-refractivity contribution in [1.82, 2.24) is 10.6 Å². The average molecular weight is 380 g/mol. The van der Waals surface area contributed by atoms with Crippen molar-refractivity contribution in [3.63, 3.8) is 0 Å². The van der Waals surface area contributed by atoms with Crippen LogP contribution in [-0.4, -0.2) is 30.9 Å². The summed E-state index contributed by atoms with van der Waals surface area (Å²) in [4.78, 5) is 16.5. The topological polar surface area (TPSA) is 53.5 Å². The lowest BCUT2D eigenvalue weighted by Gasteiger charge is -2.16. The number of carbonyl (C=O) groups excluding carboxylic acids is 1. The van der Waals surface area contributed by atoms with Crippen molar-refractivity contribution < 1.29 is 4.79 Å². The van der Waals surface area contributed by atoms with Gasteiger partial charge in [-0.15, -0.1) is 0 Å². The first kappa shape index (κ1) is 24.1. The molecule has 1 atom stereocenters. The van der Waals surface area contributed by atoms with Crippen molar-refractivity contribution in [2.75, 3.05) is 13.2 Å². The van der Waals surface area contributed by atoms with E-state index in [-0.39, 0.29) is 11.9 Å². The summed E-state index contributed by atoms with van der Waals surface area (Å²) in [6, 6.07) is 0.248. The van der Waals surface area contributed by atoms with Crippen LogP contribution < -0.4 is 10.6 Å². The van der Waals surface area contributed by atoms with Crippen LogP contribution in [0.1, 0.15) is 117 Å². The van der Waals surface area contributed by atoms with Crippen molar-refractivity contribution in [1.29, 1.82) is 0 Å². The number of amides is 1. The van der Waals surface area contributed by atoms with Gasteiger partial charge >= 0.3 is 0 Å². The summed E-state index contributed by atoms with van der Waals surface area (Å²) >= 11 is 0. The minimum absolute atomic E-state index is 0.219. The van der Waals surface area contributed by atoms with Crippen LogP contribution in [0.25, 0.3) is 0 Å². The lowest BCUT2D eigenvalue weighted by molar-refractivity contribution is -0.121. The Morgan fingerprint density at radius 1 is 0.926 bits per heavy atom. The smallest absolute Gasteiger partial charge is 0.220 e. The zero-order valence-corrected chi connectivity index (χ0v) is 18.2. The maximum Gasteiger partial charge on any atom is 0.220 e. The molecule has 2 N–H and O–H groups in total. The Bertz CT molecular complexity index is 395. The van der Waals surface area contributed by atoms with E-state index < -0.39 is 0 Å². The molecule has 0 spiro atoms. The number of hydrogen-bond donors (Lipinski definition) is 2. The molecule has 0 bridgehead atoms. The van der Waals surface area contributed by atoms with E-state index in [1.165, 1.54) is 82.8 Å². The van der Waals surface area contributed by atoms with Crippen LogP contribution >= 0.6 is 0 Å². The van der Waals surface area contributed by atoms with Gasteiger partial charge in [0, 0.05) is 31.1 Å². The molecule has 1 heterocycles. The Labute approximate surface area is 168 Å². The monoisotopic (exact) mass is 379 g/mol. The fourth-order valence-corrected chi connectivity index (χ4v) is 3.75. The summed E-state index contributed by atoms with van der Waals surface area (Å²) in [5, 5.41) is 6.41. The third-order valence-electron chi connectivity index (χ3n) is 5.59. The summed E-state index contributed by atoms with van der Waals surface area (Å²) in [7, 11) is 0. The van der Waals surface area contributed by atoms with Crippen LogP contribution in [0.15, 0.2) is 4.99 Å². The number of hydrogen-bond acceptors (Lipinski definition) is 3. The molecule has 0 fully saturated rings. The lowest BCUT2D eigenvalue weighted by atomic mass is 10.0. The lowest BCUT2D eigenvalue weighted by Crippen LogP contribution is -2.36. The largest absolute Gasteiger partial charge is 0.353 e. The van der Waals surface area contributed by atoms with Crippen molar-refractivity contribution in [2.45, 2.75) is 123 Å². The summed E-state index contributed by atoms with van der Waals surface area (Å²) in [5.41, 5.74) is 1.20. The molecular weight excluding hydrogens is 334 g/mol. The molecule has 1 aliphatic rings. The predicted octanol–water partition coefficient (Wildman–Crippen LogP) is 5.75. The molecule has 0 aromatic carbocycles. The maximum atomic E-state index is 12.1. The first-order valence-corrected chi connectivity index (χ1v) is 11.8. The van der Waals surface area contributed by atoms with Crippen LogP contribution in [-0.2, 0) is 4.79 Å². The fraction of sp³-hybridized carbons (Fsp3) is 0.913. The van der Waals surface area contributed by atoms with Crippen molar-refractivity contribution in [3.8, 4) is 0 Å². The molecule has 4 nitrogen and oxygen atoms in total. The molecule has 0 radical (unpaired) electrons. The quantitative estimate of drug-likeness (QED) is 0.298. The van der Waals surface area contributed by atoms with Crippen LogP contribution in [0.4, 0.5) is 0 Å². The van der Waals surface area contributed by atoms with Gasteiger partial charge in [0.25, 0.3) is 0 Å². The Hall–Kier alpha value is -0.900. The summed E-state index contributed by atoms with van der Waals surface area (Å²) in [6.45, 7) is 6.03. The zero-order chi connectivity index (χ0) is 19.6. The van der Waals surface area contributed by atoms with E-state index >= 15 is 0 Å². The fourth-order valence-electron chi connectivity index (χ4n) is 3.75. The van der Waals surface area contributed by atoms with E-state index in [4.69, 9.17) is 0 Å². The molecule has 0 saturated carbocycles. The van der Waals surface area contributed by atoms with E-state index in [0.717, 1.165) is 32.5 Å². The second kappa shape index (κ2) is 17.2. The second-order valence-corrected chi connectivity index (χ2v) is 8.18. The van der Waals surface area contributed by atoms with E-state index in [0.29, 0.717) is 6.42 Å². The van der Waals surface area contributed by atoms with Gasteiger partial charge in [0.1, 0.15) is 0 Å². The highest BCUT2D eigenvalue weighted by Gasteiger charge is 2.15. The van der Waals surface area contributed by atoms with Gasteiger partial charge in [-0.3, -0.25) is 15.1 Å². The molecule has 27 heavy (non-hydrogen) atoms. The van der Waals surface area contributed by atoms with E-state index in [9.17, 15) is 4.79 Å². The third-order valence-corrected chi connectivity index (χ3v) is 5.59. The molecule has 1 aliphatic heterocycles. The average Bonchev–Trinajstić information content (AvgIpc) is 3.18. The summed E-state index contributed by atoms with van der Waals surface area (Å²) < 4.78 is 0. The van der Waals surface area contributed by atoms with Gasteiger partial charge in [-0.25, -0.2) is 0 Å². The van der Waals surface area contributed by atoms with E-state index in [1.807, 2.05) is 0 Å². The SMILES string of the molecule is CCCCCCCCCCCCCCCC(=O)NC(CC)CC1=NCNC1. The molecule has 0 aromatic heterocycles. The normalized spacial score (nSPS) is 15.0. The zero-order valence-electron chi connectivity index (χ0n) is 18.2. The summed E-state index contributed by atoms with van der Waals surface area (Å²) in [5.74, 6) is 0.219. The molecule has 1 rings (SSSR count). The van der Waals surface area contributed by atoms with Gasteiger partial charge < -0.3 is 5.32 Å². The molecule has 0 aliphatic carbocycles. The van der Waals surface area contributed by atoms with Gasteiger partial charge in [-0.1, -0.05) is 90.9 Å². The van der Waals surface area contributed by atoms with Gasteiger partial charge in [0.15, 0.2) is 0 Å². The standard InChI is InChI=1S/C23H45N3O/c1-3-5-6-7-8-9-10-11-12-13-14-15-16-17-23(27)26-21(4-2)18-22-19-24-20-25-22/h21,24H,3-20H2,1-2H3,(H,26,27). The van der Waals surface area contributed by atoms with Crippen molar-refractivity contribution >= 4 is 11.6 Å². The van der Waals surface area contributed by atoms with Crippen LogP contribution in [0.2, 0.25) is 0 Å². The first-order chi connectivity index (χ1) is 13.3. The van der Waals surface area contributed by atoms with Crippen molar-refractivity contribution in [2.24, 2.45) is 4.99 Å². The van der Waals surface area contributed by atoms with E-state index in [1.54, 1.807) is 0 Å². The Morgan fingerprint density at radius 3 is 1.96 bits per heavy atom. The Morgan fingerprint density at radius 2 is 1.48 bits per heavy atom. The number of nitrogens with zero attached hydrogens (tertiary/aromatic N) is 1. The number of carbonyl (C=O) groups is 1. The first-order valence-electron chi connectivity index (χ1n) is 11.8. The molecule has 1 unspecified atom stereocenters. The third kappa shape index (κ3) is 13.8. The highest BCUT2D eigenvalue weighted by Crippen LogP contribution is 2.13. The minimum Gasteiger partial charge on any atom is -0.353 e. The Kier molecular flexibility index (Phi) is 15.4. The van der Waals surface area contributed by atoms with Gasteiger partial charge in [0.2, 0.25) is 5.91 Å². The summed E-state index contributed by atoms with van der Waals surface area (Å²) in [6.07, 6.45) is 20.0. The highest BCUT2D eigenvalue weighted by molar-refractivity contribution is 5.88. The van der Waals surface area contributed by atoms with E-state index in [2.05, 4.69) is 29.5 Å². The predicted molar refractivity (Wildman–Crippen MR) is 117 cm³/mol. The molecule has 0 aromatic rings. The van der Waals surface area contributed by atoms with Gasteiger partial charge in [-0.05, 0) is 12.8 Å². The molecular formula is C23H45N3O. The minimum atomic E-state index is 0.219. The number of nitrogens with one attached hydrogen (secondary N) is 2. The number of unbranched alkanes of at least 4 members (excludes halogenated alkanes) is 12. The molecule has 4 heteroatoms. The number of rotatable bonds is 18. The van der Waals surface area contributed by atoms with Crippen molar-refractivity contribution in [3.05, 3.63) is 0 Å². The van der Waals surface area contributed by atoms with Crippen LogP contribution in [0.5, 0.6) is 0 Å². The molecule has 0 saturated heterocycles.